The van der Waals surface area contributed by atoms with Gasteiger partial charge in [-0.2, -0.15) is 0 Å². The van der Waals surface area contributed by atoms with Gasteiger partial charge in [0, 0.05) is 16.8 Å². The monoisotopic (exact) mass is 289 g/mol. The number of nitrogens with zero attached hydrogens (tertiary/aromatic N) is 1. The zero-order chi connectivity index (χ0) is 14.7. The zero-order valence-electron chi connectivity index (χ0n) is 12.2. The standard InChI is InChI=1S/C15H19N3OS/c1-9-5-10(2)14(11(3)6-9)18-15(19)17-8-13-7-16-12(4)20-13/h5-7H,8H2,1-4H3,(H2,17,18,19). The van der Waals surface area contributed by atoms with E-state index in [2.05, 4.69) is 34.7 Å². The van der Waals surface area contributed by atoms with Gasteiger partial charge in [0.15, 0.2) is 0 Å². The number of aryl methyl sites for hydroxylation is 4. The number of anilines is 1. The third kappa shape index (κ3) is 3.57. The predicted octanol–water partition coefficient (Wildman–Crippen LogP) is 3.70. The second-order valence-electron chi connectivity index (χ2n) is 4.93. The first-order chi connectivity index (χ1) is 9.45. The molecule has 2 amide bonds. The molecule has 2 rings (SSSR count). The maximum Gasteiger partial charge on any atom is 0.319 e. The van der Waals surface area contributed by atoms with Crippen molar-refractivity contribution in [2.24, 2.45) is 0 Å². The van der Waals surface area contributed by atoms with Gasteiger partial charge in [0.2, 0.25) is 0 Å². The average molecular weight is 289 g/mol. The fourth-order valence-electron chi connectivity index (χ4n) is 2.19. The molecule has 0 saturated carbocycles. The van der Waals surface area contributed by atoms with Crippen LogP contribution in [0.1, 0.15) is 26.6 Å². The number of hydrogen-bond acceptors (Lipinski definition) is 3. The van der Waals surface area contributed by atoms with E-state index in [-0.39, 0.29) is 6.03 Å². The molecule has 2 N–H and O–H groups in total. The third-order valence-electron chi connectivity index (χ3n) is 3.01. The van der Waals surface area contributed by atoms with Gasteiger partial charge < -0.3 is 10.6 Å². The second-order valence-corrected chi connectivity index (χ2v) is 6.25. The minimum atomic E-state index is -0.189. The predicted molar refractivity (Wildman–Crippen MR) is 83.4 cm³/mol. The molecule has 0 saturated heterocycles. The first kappa shape index (κ1) is 14.5. The molecule has 4 nitrogen and oxygen atoms in total. The summed E-state index contributed by atoms with van der Waals surface area (Å²) in [5.41, 5.74) is 4.23. The molecule has 0 unspecified atom stereocenters. The molecule has 2 aromatic rings. The maximum absolute atomic E-state index is 11.9. The molecular weight excluding hydrogens is 270 g/mol. The van der Waals surface area contributed by atoms with Crippen molar-refractivity contribution in [3.8, 4) is 0 Å². The lowest BCUT2D eigenvalue weighted by Crippen LogP contribution is -2.28. The van der Waals surface area contributed by atoms with Crippen LogP contribution in [0.5, 0.6) is 0 Å². The number of aromatic nitrogens is 1. The number of amides is 2. The quantitative estimate of drug-likeness (QED) is 0.905. The molecule has 0 radical (unpaired) electrons. The Bertz CT molecular complexity index is 611. The summed E-state index contributed by atoms with van der Waals surface area (Å²) in [4.78, 5) is 17.2. The topological polar surface area (TPSA) is 54.0 Å². The van der Waals surface area contributed by atoms with Crippen molar-refractivity contribution in [2.45, 2.75) is 34.2 Å². The highest BCUT2D eigenvalue weighted by Gasteiger charge is 2.08. The summed E-state index contributed by atoms with van der Waals surface area (Å²) < 4.78 is 0. The number of hydrogen-bond donors (Lipinski definition) is 2. The summed E-state index contributed by atoms with van der Waals surface area (Å²) in [6, 6.07) is 3.94. The van der Waals surface area contributed by atoms with Gasteiger partial charge in [-0.3, -0.25) is 0 Å². The van der Waals surface area contributed by atoms with E-state index in [1.165, 1.54) is 5.56 Å². The second kappa shape index (κ2) is 6.05. The van der Waals surface area contributed by atoms with E-state index in [1.807, 2.05) is 20.8 Å². The number of thiazole rings is 1. The van der Waals surface area contributed by atoms with Gasteiger partial charge in [0.25, 0.3) is 0 Å². The fourth-order valence-corrected chi connectivity index (χ4v) is 2.92. The molecule has 0 atom stereocenters. The molecule has 20 heavy (non-hydrogen) atoms. The molecule has 0 bridgehead atoms. The SMILES string of the molecule is Cc1cc(C)c(NC(=O)NCc2cnc(C)s2)c(C)c1. The number of benzene rings is 1. The number of carbonyl (C=O) groups excluding carboxylic acids is 1. The molecular formula is C15H19N3OS. The highest BCUT2D eigenvalue weighted by molar-refractivity contribution is 7.11. The van der Waals surface area contributed by atoms with Crippen molar-refractivity contribution in [3.63, 3.8) is 0 Å². The number of urea groups is 1. The summed E-state index contributed by atoms with van der Waals surface area (Å²) in [6.07, 6.45) is 1.79. The molecule has 5 heteroatoms. The van der Waals surface area contributed by atoms with Crippen LogP contribution in [0, 0.1) is 27.7 Å². The highest BCUT2D eigenvalue weighted by atomic mass is 32.1. The Hall–Kier alpha value is -1.88. The summed E-state index contributed by atoms with van der Waals surface area (Å²) in [7, 11) is 0. The molecule has 0 aliphatic carbocycles. The smallest absolute Gasteiger partial charge is 0.319 e. The van der Waals surface area contributed by atoms with Gasteiger partial charge in [-0.25, -0.2) is 9.78 Å². The van der Waals surface area contributed by atoms with Crippen molar-refractivity contribution < 1.29 is 4.79 Å². The van der Waals surface area contributed by atoms with Crippen molar-refractivity contribution >= 4 is 23.1 Å². The lowest BCUT2D eigenvalue weighted by molar-refractivity contribution is 0.252. The van der Waals surface area contributed by atoms with Crippen molar-refractivity contribution in [1.29, 1.82) is 0 Å². The molecule has 0 aliphatic rings. The lowest BCUT2D eigenvalue weighted by Gasteiger charge is -2.13. The Morgan fingerprint density at radius 3 is 2.40 bits per heavy atom. The van der Waals surface area contributed by atoms with Crippen LogP contribution in [0.4, 0.5) is 10.5 Å². The minimum Gasteiger partial charge on any atom is -0.333 e. The van der Waals surface area contributed by atoms with Crippen molar-refractivity contribution in [1.82, 2.24) is 10.3 Å². The van der Waals surface area contributed by atoms with E-state index in [4.69, 9.17) is 0 Å². The summed E-state index contributed by atoms with van der Waals surface area (Å²) in [5, 5.41) is 6.77. The van der Waals surface area contributed by atoms with Crippen LogP contribution in [0.25, 0.3) is 0 Å². The molecule has 106 valence electrons. The Morgan fingerprint density at radius 2 is 1.85 bits per heavy atom. The van der Waals surface area contributed by atoms with E-state index in [9.17, 15) is 4.79 Å². The minimum absolute atomic E-state index is 0.189. The molecule has 1 heterocycles. The fraction of sp³-hybridized carbons (Fsp3) is 0.333. The Morgan fingerprint density at radius 1 is 1.20 bits per heavy atom. The normalized spacial score (nSPS) is 10.4. The first-order valence-corrected chi connectivity index (χ1v) is 7.31. The molecule has 0 spiro atoms. The molecule has 0 fully saturated rings. The van der Waals surface area contributed by atoms with Crippen LogP contribution in [0.2, 0.25) is 0 Å². The van der Waals surface area contributed by atoms with Gasteiger partial charge >= 0.3 is 6.03 Å². The van der Waals surface area contributed by atoms with Gasteiger partial charge in [-0.15, -0.1) is 11.3 Å². The molecule has 1 aromatic carbocycles. The van der Waals surface area contributed by atoms with Crippen molar-refractivity contribution in [3.05, 3.63) is 44.9 Å². The number of carbonyl (C=O) groups is 1. The van der Waals surface area contributed by atoms with E-state index in [0.717, 1.165) is 26.7 Å². The Kier molecular flexibility index (Phi) is 4.39. The van der Waals surface area contributed by atoms with Crippen LogP contribution in [-0.4, -0.2) is 11.0 Å². The number of nitrogens with one attached hydrogen (secondary N) is 2. The van der Waals surface area contributed by atoms with Gasteiger partial charge in [0.05, 0.1) is 11.6 Å². The van der Waals surface area contributed by atoms with Crippen LogP contribution >= 0.6 is 11.3 Å². The largest absolute Gasteiger partial charge is 0.333 e. The van der Waals surface area contributed by atoms with Gasteiger partial charge in [0.1, 0.15) is 0 Å². The van der Waals surface area contributed by atoms with Crippen molar-refractivity contribution in [2.75, 3.05) is 5.32 Å². The van der Waals surface area contributed by atoms with Crippen LogP contribution in [-0.2, 0) is 6.54 Å². The number of rotatable bonds is 3. The Labute approximate surface area is 123 Å². The lowest BCUT2D eigenvalue weighted by atomic mass is 10.1. The van der Waals surface area contributed by atoms with E-state index in [1.54, 1.807) is 17.5 Å². The zero-order valence-corrected chi connectivity index (χ0v) is 13.0. The Balaban J connectivity index is 1.98. The maximum atomic E-state index is 11.9. The van der Waals surface area contributed by atoms with Gasteiger partial charge in [-0.1, -0.05) is 17.7 Å². The first-order valence-electron chi connectivity index (χ1n) is 6.49. The summed E-state index contributed by atoms with van der Waals surface area (Å²) in [5.74, 6) is 0. The van der Waals surface area contributed by atoms with Crippen LogP contribution < -0.4 is 10.6 Å². The summed E-state index contributed by atoms with van der Waals surface area (Å²) >= 11 is 1.59. The summed E-state index contributed by atoms with van der Waals surface area (Å²) in [6.45, 7) is 8.51. The van der Waals surface area contributed by atoms with Crippen LogP contribution in [0.3, 0.4) is 0 Å². The van der Waals surface area contributed by atoms with E-state index >= 15 is 0 Å². The van der Waals surface area contributed by atoms with Gasteiger partial charge in [-0.05, 0) is 38.8 Å². The third-order valence-corrected chi connectivity index (χ3v) is 3.92. The average Bonchev–Trinajstić information content (AvgIpc) is 2.77. The molecule has 0 aliphatic heterocycles. The molecule has 1 aromatic heterocycles. The van der Waals surface area contributed by atoms with E-state index < -0.39 is 0 Å². The van der Waals surface area contributed by atoms with E-state index in [0.29, 0.717) is 6.54 Å². The highest BCUT2D eigenvalue weighted by Crippen LogP contribution is 2.21. The van der Waals surface area contributed by atoms with Crippen LogP contribution in [0.15, 0.2) is 18.3 Å².